The summed E-state index contributed by atoms with van der Waals surface area (Å²) in [5, 5.41) is 15.8. The van der Waals surface area contributed by atoms with E-state index in [4.69, 9.17) is 16.3 Å². The molecule has 0 heterocycles. The number of Topliss-reactive ketones (excluding diaryl/α,β-unsaturated/α-hetero) is 1. The van der Waals surface area contributed by atoms with Crippen molar-refractivity contribution in [1.82, 2.24) is 5.32 Å². The summed E-state index contributed by atoms with van der Waals surface area (Å²) in [4.78, 5) is 38.8. The number of anilines is 1. The maximum Gasteiger partial charge on any atom is 0.408 e. The summed E-state index contributed by atoms with van der Waals surface area (Å²) in [7, 11) is -4.15. The first-order valence-corrected chi connectivity index (χ1v) is 18.6. The van der Waals surface area contributed by atoms with Gasteiger partial charge in [0.15, 0.2) is 33.1 Å². The predicted molar refractivity (Wildman–Crippen MR) is 185 cm³/mol. The first kappa shape index (κ1) is 38.3. The van der Waals surface area contributed by atoms with Crippen molar-refractivity contribution in [2.45, 2.75) is 93.1 Å². The van der Waals surface area contributed by atoms with Crippen molar-refractivity contribution in [3.63, 3.8) is 0 Å². The molecular formula is C37H40ClF3N2O7S. The molecule has 2 unspecified atom stereocenters. The number of fused-ring (bicyclic) bond motifs is 2. The third kappa shape index (κ3) is 8.75. The molecule has 2 saturated carbocycles. The van der Waals surface area contributed by atoms with Crippen molar-refractivity contribution < 1.29 is 45.8 Å². The molecule has 14 heteroatoms. The second kappa shape index (κ2) is 15.0. The highest BCUT2D eigenvalue weighted by Crippen LogP contribution is 2.54. The Bertz CT molecular complexity index is 1880. The van der Waals surface area contributed by atoms with Gasteiger partial charge in [0.05, 0.1) is 26.8 Å². The smallest absolute Gasteiger partial charge is 0.408 e. The zero-order valence-corrected chi connectivity index (χ0v) is 29.9. The number of hydrogen-bond donors (Lipinski definition) is 3. The number of rotatable bonds is 11. The minimum absolute atomic E-state index is 0.0565. The summed E-state index contributed by atoms with van der Waals surface area (Å²) in [6.07, 6.45) is 0.787. The van der Waals surface area contributed by atoms with Crippen molar-refractivity contribution in [2.24, 2.45) is 11.8 Å². The van der Waals surface area contributed by atoms with Crippen LogP contribution in [0, 0.1) is 29.3 Å². The second-order valence-electron chi connectivity index (χ2n) is 14.3. The number of carbonyl (C=O) groups is 3. The van der Waals surface area contributed by atoms with Crippen LogP contribution in [-0.2, 0) is 25.8 Å². The Labute approximate surface area is 299 Å². The summed E-state index contributed by atoms with van der Waals surface area (Å²) in [5.41, 5.74) is -1.79. The molecule has 3 N–H and O–H groups in total. The highest BCUT2D eigenvalue weighted by molar-refractivity contribution is 7.92. The minimum Gasteiger partial charge on any atom is -0.444 e. The van der Waals surface area contributed by atoms with Gasteiger partial charge in [0, 0.05) is 29.8 Å². The molecular weight excluding hydrogens is 709 g/mol. The van der Waals surface area contributed by atoms with Crippen molar-refractivity contribution >= 4 is 44.9 Å². The van der Waals surface area contributed by atoms with Gasteiger partial charge in [-0.2, -0.15) is 0 Å². The number of carbonyl (C=O) groups excluding carboxylic acids is 3. The van der Waals surface area contributed by atoms with Gasteiger partial charge in [-0.05, 0) is 94.9 Å². The van der Waals surface area contributed by atoms with Gasteiger partial charge in [0.1, 0.15) is 5.60 Å². The fourth-order valence-corrected chi connectivity index (χ4v) is 9.59. The number of sulfone groups is 1. The SMILES string of the molecule is CC(C)(C)OC(=O)N[C@@H](Cc1ccccc1)C(=O)CCC1(O)C2CCC1CC(S(=O)(=O)c1cc(C(=O)Nc3cc(F)c(F)c(F)c3)ccc1Cl)C2. The Balaban J connectivity index is 1.28. The number of halogens is 4. The van der Waals surface area contributed by atoms with E-state index in [1.807, 2.05) is 30.3 Å². The third-order valence-electron chi connectivity index (χ3n) is 9.69. The number of aliphatic hydroxyl groups is 1. The Morgan fingerprint density at radius 1 is 0.980 bits per heavy atom. The molecule has 3 atom stereocenters. The molecule has 2 aliphatic carbocycles. The molecule has 0 saturated heterocycles. The molecule has 2 fully saturated rings. The van der Waals surface area contributed by atoms with E-state index in [-0.39, 0.29) is 59.1 Å². The standard InChI is InChI=1S/C37H40ClF3N2O7S/c1-36(2,3)50-35(46)43-30(15-21-7-5-4-6-8-21)31(44)13-14-37(47)23-10-11-24(37)18-26(17-23)51(48,49)32-16-22(9-12-27(32)38)34(45)42-25-19-28(39)33(41)29(40)20-25/h4-9,12,16,19-20,23-24,26,30,47H,10-11,13-15,17-18H2,1-3H3,(H,42,45)(H,43,46)/t23?,24?,26?,30-,37?/m0/s1. The van der Waals surface area contributed by atoms with Crippen molar-refractivity contribution in [2.75, 3.05) is 5.32 Å². The molecule has 2 amide bonds. The lowest BCUT2D eigenvalue weighted by molar-refractivity contribution is -0.124. The zero-order chi connectivity index (χ0) is 37.3. The van der Waals surface area contributed by atoms with Gasteiger partial charge in [0.25, 0.3) is 5.91 Å². The third-order valence-corrected chi connectivity index (χ3v) is 12.3. The fraction of sp³-hybridized carbons (Fsp3) is 0.432. The van der Waals surface area contributed by atoms with Crippen molar-refractivity contribution in [3.05, 3.63) is 94.3 Å². The summed E-state index contributed by atoms with van der Waals surface area (Å²) in [6.45, 7) is 5.14. The van der Waals surface area contributed by atoms with Gasteiger partial charge in [-0.1, -0.05) is 41.9 Å². The molecule has 274 valence electrons. The van der Waals surface area contributed by atoms with E-state index in [9.17, 15) is 41.1 Å². The summed E-state index contributed by atoms with van der Waals surface area (Å²) in [6, 6.07) is 13.0. The van der Waals surface area contributed by atoms with Crippen LogP contribution in [0.5, 0.6) is 0 Å². The summed E-state index contributed by atoms with van der Waals surface area (Å²) < 4.78 is 74.1. The molecule has 3 aromatic carbocycles. The fourth-order valence-electron chi connectivity index (χ4n) is 7.19. The largest absolute Gasteiger partial charge is 0.444 e. The summed E-state index contributed by atoms with van der Waals surface area (Å²) >= 11 is 6.33. The number of alkyl carbamates (subject to hydrolysis) is 1. The van der Waals surface area contributed by atoms with Gasteiger partial charge in [0.2, 0.25) is 0 Å². The molecule has 0 radical (unpaired) electrons. The number of nitrogens with one attached hydrogen (secondary N) is 2. The van der Waals surface area contributed by atoms with Crippen LogP contribution >= 0.6 is 11.6 Å². The van der Waals surface area contributed by atoms with Gasteiger partial charge in [-0.25, -0.2) is 26.4 Å². The van der Waals surface area contributed by atoms with E-state index in [2.05, 4.69) is 10.6 Å². The van der Waals surface area contributed by atoms with E-state index in [0.717, 1.165) is 11.6 Å². The Morgan fingerprint density at radius 2 is 1.59 bits per heavy atom. The number of ketones is 1. The van der Waals surface area contributed by atoms with Gasteiger partial charge >= 0.3 is 6.09 Å². The van der Waals surface area contributed by atoms with Crippen LogP contribution < -0.4 is 10.6 Å². The normalized spacial score (nSPS) is 22.2. The average molecular weight is 749 g/mol. The quantitative estimate of drug-likeness (QED) is 0.177. The molecule has 2 bridgehead atoms. The predicted octanol–water partition coefficient (Wildman–Crippen LogP) is 7.19. The molecule has 3 aromatic rings. The number of amides is 2. The van der Waals surface area contributed by atoms with Crippen molar-refractivity contribution in [3.8, 4) is 0 Å². The van der Waals surface area contributed by atoms with Gasteiger partial charge in [-0.15, -0.1) is 0 Å². The highest BCUT2D eigenvalue weighted by Gasteiger charge is 2.55. The lowest BCUT2D eigenvalue weighted by Gasteiger charge is -2.42. The van der Waals surface area contributed by atoms with Crippen LogP contribution in [0.4, 0.5) is 23.7 Å². The number of benzene rings is 3. The van der Waals surface area contributed by atoms with Crippen LogP contribution in [0.1, 0.15) is 75.2 Å². The first-order chi connectivity index (χ1) is 23.9. The molecule has 0 aliphatic heterocycles. The molecule has 5 rings (SSSR count). The van der Waals surface area contributed by atoms with E-state index in [1.54, 1.807) is 20.8 Å². The zero-order valence-electron chi connectivity index (χ0n) is 28.3. The van der Waals surface area contributed by atoms with E-state index in [0.29, 0.717) is 25.0 Å². The van der Waals surface area contributed by atoms with Crippen LogP contribution in [0.3, 0.4) is 0 Å². The number of hydrogen-bond acceptors (Lipinski definition) is 7. The van der Waals surface area contributed by atoms with Crippen LogP contribution in [-0.4, -0.2) is 53.8 Å². The monoisotopic (exact) mass is 748 g/mol. The minimum atomic E-state index is -4.15. The van der Waals surface area contributed by atoms with Crippen LogP contribution in [0.2, 0.25) is 5.02 Å². The Hall–Kier alpha value is -3.94. The molecule has 0 aromatic heterocycles. The topological polar surface area (TPSA) is 139 Å². The molecule has 9 nitrogen and oxygen atoms in total. The van der Waals surface area contributed by atoms with E-state index < -0.39 is 73.6 Å². The maximum absolute atomic E-state index is 14.0. The summed E-state index contributed by atoms with van der Waals surface area (Å²) in [5.74, 6) is -6.79. The lowest BCUT2D eigenvalue weighted by atomic mass is 9.71. The second-order valence-corrected chi connectivity index (χ2v) is 16.9. The van der Waals surface area contributed by atoms with E-state index >= 15 is 0 Å². The van der Waals surface area contributed by atoms with Crippen LogP contribution in [0.25, 0.3) is 0 Å². The van der Waals surface area contributed by atoms with Crippen LogP contribution in [0.15, 0.2) is 65.6 Å². The van der Waals surface area contributed by atoms with Gasteiger partial charge < -0.3 is 20.5 Å². The van der Waals surface area contributed by atoms with Gasteiger partial charge in [-0.3, -0.25) is 9.59 Å². The molecule has 2 aliphatic rings. The first-order valence-electron chi connectivity index (χ1n) is 16.6. The number of ether oxygens (including phenoxy) is 1. The molecule has 0 spiro atoms. The lowest BCUT2D eigenvalue weighted by Crippen LogP contribution is -2.49. The maximum atomic E-state index is 14.0. The average Bonchev–Trinajstić information content (AvgIpc) is 3.20. The van der Waals surface area contributed by atoms with Crippen molar-refractivity contribution in [1.29, 1.82) is 0 Å². The Morgan fingerprint density at radius 3 is 2.18 bits per heavy atom. The van der Waals surface area contributed by atoms with E-state index in [1.165, 1.54) is 12.1 Å². The Kier molecular flexibility index (Phi) is 11.2. The highest BCUT2D eigenvalue weighted by atomic mass is 35.5. The molecule has 51 heavy (non-hydrogen) atoms.